The van der Waals surface area contributed by atoms with E-state index in [-0.39, 0.29) is 6.61 Å². The molecule has 1 fully saturated rings. The number of aromatic nitrogens is 1. The maximum absolute atomic E-state index is 8.91. The van der Waals surface area contributed by atoms with E-state index < -0.39 is 0 Å². The van der Waals surface area contributed by atoms with Gasteiger partial charge in [0.2, 0.25) is 0 Å². The van der Waals surface area contributed by atoms with E-state index in [0.717, 1.165) is 19.6 Å². The van der Waals surface area contributed by atoms with Crippen LogP contribution in [0.1, 0.15) is 12.6 Å². The Balaban J connectivity index is 2.09. The number of aliphatic hydroxyl groups excluding tert-OH is 1. The summed E-state index contributed by atoms with van der Waals surface area (Å²) in [7, 11) is 2.11. The molecule has 0 bridgehead atoms. The van der Waals surface area contributed by atoms with Crippen molar-refractivity contribution < 1.29 is 9.52 Å². The summed E-state index contributed by atoms with van der Waals surface area (Å²) in [5.41, 5.74) is 0.594. The third-order valence-corrected chi connectivity index (χ3v) is 2.78. The molecule has 0 aromatic carbocycles. The first-order valence-corrected chi connectivity index (χ1v) is 5.21. The molecule has 1 unspecified atom stereocenters. The fraction of sp³-hybridized carbons (Fsp3) is 0.700. The Kier molecular flexibility index (Phi) is 2.93. The molecule has 2 heterocycles. The van der Waals surface area contributed by atoms with Gasteiger partial charge in [0.05, 0.1) is 6.61 Å². The van der Waals surface area contributed by atoms with Crippen molar-refractivity contribution in [3.63, 3.8) is 0 Å². The van der Waals surface area contributed by atoms with Crippen LogP contribution in [0.2, 0.25) is 0 Å². The van der Waals surface area contributed by atoms with Crippen molar-refractivity contribution in [3.8, 4) is 0 Å². The Morgan fingerprint density at radius 1 is 1.60 bits per heavy atom. The highest BCUT2D eigenvalue weighted by atomic mass is 16.4. The molecule has 0 radical (unpaired) electrons. The van der Waals surface area contributed by atoms with Crippen LogP contribution in [0, 0.1) is 0 Å². The van der Waals surface area contributed by atoms with E-state index in [2.05, 4.69) is 28.8 Å². The third-order valence-electron chi connectivity index (χ3n) is 2.78. The number of nitrogens with zero attached hydrogens (tertiary/aromatic N) is 3. The number of hydrogen-bond acceptors (Lipinski definition) is 5. The van der Waals surface area contributed by atoms with Crippen LogP contribution in [0.5, 0.6) is 0 Å². The normalized spacial score (nSPS) is 23.4. The molecule has 15 heavy (non-hydrogen) atoms. The largest absolute Gasteiger partial charge is 0.432 e. The number of likely N-dealkylation sites (N-methyl/N-ethyl adjacent to an activating group) is 1. The molecule has 1 saturated heterocycles. The van der Waals surface area contributed by atoms with Crippen LogP contribution in [0.4, 0.5) is 6.01 Å². The van der Waals surface area contributed by atoms with E-state index in [1.54, 1.807) is 0 Å². The zero-order valence-corrected chi connectivity index (χ0v) is 9.18. The van der Waals surface area contributed by atoms with Crippen LogP contribution < -0.4 is 4.90 Å². The minimum absolute atomic E-state index is 0.0639. The second-order valence-electron chi connectivity index (χ2n) is 4.08. The highest BCUT2D eigenvalue weighted by Gasteiger charge is 2.24. The Morgan fingerprint density at radius 3 is 3.00 bits per heavy atom. The zero-order valence-electron chi connectivity index (χ0n) is 9.18. The van der Waals surface area contributed by atoms with Gasteiger partial charge in [0, 0.05) is 25.7 Å². The maximum Gasteiger partial charge on any atom is 0.297 e. The van der Waals surface area contributed by atoms with Gasteiger partial charge in [-0.25, -0.2) is 0 Å². The van der Waals surface area contributed by atoms with Crippen molar-refractivity contribution >= 4 is 6.01 Å². The van der Waals surface area contributed by atoms with Gasteiger partial charge in [0.15, 0.2) is 0 Å². The van der Waals surface area contributed by atoms with Gasteiger partial charge in [0.25, 0.3) is 6.01 Å². The first-order chi connectivity index (χ1) is 7.20. The van der Waals surface area contributed by atoms with Gasteiger partial charge in [-0.1, -0.05) is 0 Å². The predicted octanol–water partition coefficient (Wildman–Crippen LogP) is 0.307. The Morgan fingerprint density at radius 2 is 2.40 bits per heavy atom. The van der Waals surface area contributed by atoms with Crippen LogP contribution >= 0.6 is 0 Å². The summed E-state index contributed by atoms with van der Waals surface area (Å²) in [6.07, 6.45) is 1.51. The lowest BCUT2D eigenvalue weighted by atomic mass is 10.2. The van der Waals surface area contributed by atoms with Gasteiger partial charge in [-0.15, -0.1) is 0 Å². The lowest BCUT2D eigenvalue weighted by Crippen LogP contribution is -2.50. The highest BCUT2D eigenvalue weighted by Crippen LogP contribution is 2.19. The van der Waals surface area contributed by atoms with Crippen molar-refractivity contribution in [3.05, 3.63) is 12.0 Å². The summed E-state index contributed by atoms with van der Waals surface area (Å²) in [4.78, 5) is 8.65. The first kappa shape index (κ1) is 10.4. The topological polar surface area (TPSA) is 52.7 Å². The lowest BCUT2D eigenvalue weighted by molar-refractivity contribution is 0.267. The molecule has 0 saturated carbocycles. The molecule has 1 aromatic rings. The highest BCUT2D eigenvalue weighted by molar-refractivity contribution is 5.29. The van der Waals surface area contributed by atoms with Crippen LogP contribution in [-0.2, 0) is 6.61 Å². The van der Waals surface area contributed by atoms with Crippen molar-refractivity contribution in [2.45, 2.75) is 19.6 Å². The fourth-order valence-electron chi connectivity index (χ4n) is 1.92. The summed E-state index contributed by atoms with van der Waals surface area (Å²) in [6.45, 7) is 5.03. The number of hydrogen-bond donors (Lipinski definition) is 1. The fourth-order valence-corrected chi connectivity index (χ4v) is 1.92. The Bertz CT molecular complexity index is 326. The maximum atomic E-state index is 8.91. The molecular formula is C10H17N3O2. The van der Waals surface area contributed by atoms with Crippen LogP contribution in [0.25, 0.3) is 0 Å². The van der Waals surface area contributed by atoms with Gasteiger partial charge < -0.3 is 19.3 Å². The molecule has 1 aliphatic rings. The minimum Gasteiger partial charge on any atom is -0.432 e. The van der Waals surface area contributed by atoms with E-state index in [9.17, 15) is 0 Å². The van der Waals surface area contributed by atoms with Gasteiger partial charge in [-0.3, -0.25) is 0 Å². The van der Waals surface area contributed by atoms with Crippen LogP contribution in [0.15, 0.2) is 10.7 Å². The SMILES string of the molecule is CC1CN(C)CCN1c1nc(CO)co1. The molecule has 1 N–H and O–H groups in total. The number of aliphatic hydroxyl groups is 1. The third kappa shape index (κ3) is 2.13. The summed E-state index contributed by atoms with van der Waals surface area (Å²) in [5, 5.41) is 8.91. The second-order valence-corrected chi connectivity index (χ2v) is 4.08. The standard InChI is InChI=1S/C10H17N3O2/c1-8-5-12(2)3-4-13(8)10-11-9(6-14)7-15-10/h7-8,14H,3-6H2,1-2H3. The molecule has 0 spiro atoms. The minimum atomic E-state index is -0.0639. The molecule has 1 aliphatic heterocycles. The van der Waals surface area contributed by atoms with Crippen LogP contribution in [0.3, 0.4) is 0 Å². The van der Waals surface area contributed by atoms with Crippen molar-refractivity contribution in [1.82, 2.24) is 9.88 Å². The number of anilines is 1. The molecule has 0 aliphatic carbocycles. The second kappa shape index (κ2) is 4.20. The lowest BCUT2D eigenvalue weighted by Gasteiger charge is -2.37. The van der Waals surface area contributed by atoms with Gasteiger partial charge in [-0.05, 0) is 14.0 Å². The molecule has 5 nitrogen and oxygen atoms in total. The molecule has 5 heteroatoms. The van der Waals surface area contributed by atoms with E-state index >= 15 is 0 Å². The number of piperazine rings is 1. The van der Waals surface area contributed by atoms with E-state index in [1.165, 1.54) is 6.26 Å². The van der Waals surface area contributed by atoms with E-state index in [1.807, 2.05) is 0 Å². The molecule has 1 atom stereocenters. The summed E-state index contributed by atoms with van der Waals surface area (Å²) in [6, 6.07) is 1.02. The summed E-state index contributed by atoms with van der Waals surface area (Å²) in [5.74, 6) is 0. The molecule has 1 aromatic heterocycles. The number of oxazole rings is 1. The summed E-state index contributed by atoms with van der Waals surface area (Å²) < 4.78 is 5.34. The quantitative estimate of drug-likeness (QED) is 0.763. The first-order valence-electron chi connectivity index (χ1n) is 5.21. The number of rotatable bonds is 2. The smallest absolute Gasteiger partial charge is 0.297 e. The average molecular weight is 211 g/mol. The van der Waals surface area contributed by atoms with Crippen molar-refractivity contribution in [2.24, 2.45) is 0 Å². The van der Waals surface area contributed by atoms with E-state index in [0.29, 0.717) is 17.8 Å². The van der Waals surface area contributed by atoms with Gasteiger partial charge in [0.1, 0.15) is 12.0 Å². The van der Waals surface area contributed by atoms with Crippen LogP contribution in [-0.4, -0.2) is 47.7 Å². The Labute approximate surface area is 89.3 Å². The molecule has 0 amide bonds. The summed E-state index contributed by atoms with van der Waals surface area (Å²) >= 11 is 0. The van der Waals surface area contributed by atoms with Crippen molar-refractivity contribution in [2.75, 3.05) is 31.6 Å². The van der Waals surface area contributed by atoms with E-state index in [4.69, 9.17) is 9.52 Å². The molecule has 2 rings (SSSR count). The molecular weight excluding hydrogens is 194 g/mol. The van der Waals surface area contributed by atoms with Crippen molar-refractivity contribution in [1.29, 1.82) is 0 Å². The zero-order chi connectivity index (χ0) is 10.8. The van der Waals surface area contributed by atoms with Gasteiger partial charge in [-0.2, -0.15) is 4.98 Å². The van der Waals surface area contributed by atoms with Gasteiger partial charge >= 0.3 is 0 Å². The molecule has 84 valence electrons. The average Bonchev–Trinajstić information content (AvgIpc) is 2.66. The predicted molar refractivity (Wildman–Crippen MR) is 56.7 cm³/mol. The Hall–Kier alpha value is -1.07. The monoisotopic (exact) mass is 211 g/mol.